The lowest BCUT2D eigenvalue weighted by Gasteiger charge is -2.28. The van der Waals surface area contributed by atoms with Crippen LogP contribution >= 0.6 is 0 Å². The second kappa shape index (κ2) is 12.2. The summed E-state index contributed by atoms with van der Waals surface area (Å²) in [6.45, 7) is 24.0. The zero-order valence-electron chi connectivity index (χ0n) is 23.3. The molecule has 0 unspecified atom stereocenters. The number of nitrogens with zero attached hydrogens (tertiary/aromatic N) is 3. The van der Waals surface area contributed by atoms with Crippen LogP contribution in [0.25, 0.3) is 22.3 Å². The van der Waals surface area contributed by atoms with Crippen molar-refractivity contribution >= 4 is 17.1 Å². The third-order valence-corrected chi connectivity index (χ3v) is 7.38. The van der Waals surface area contributed by atoms with Gasteiger partial charge in [0.1, 0.15) is 0 Å². The van der Waals surface area contributed by atoms with Gasteiger partial charge >= 0.3 is 0 Å². The van der Waals surface area contributed by atoms with Gasteiger partial charge in [-0.25, -0.2) is 0 Å². The fraction of sp³-hybridized carbons (Fsp3) is 0.438. The van der Waals surface area contributed by atoms with Crippen molar-refractivity contribution in [3.05, 3.63) is 65.7 Å². The van der Waals surface area contributed by atoms with Crippen LogP contribution in [0, 0.1) is 13.8 Å². The average molecular weight is 472 g/mol. The second-order valence-corrected chi connectivity index (χ2v) is 9.22. The van der Waals surface area contributed by atoms with Crippen LogP contribution in [0.3, 0.4) is 0 Å². The third kappa shape index (κ3) is 5.50. The molecule has 3 aromatic carbocycles. The molecule has 3 rings (SSSR count). The molecular weight excluding hydrogens is 426 g/mol. The molecule has 0 bridgehead atoms. The molecule has 0 spiro atoms. The van der Waals surface area contributed by atoms with Gasteiger partial charge in [-0.3, -0.25) is 0 Å². The second-order valence-electron chi connectivity index (χ2n) is 9.22. The molecule has 0 aromatic heterocycles. The van der Waals surface area contributed by atoms with E-state index >= 15 is 0 Å². The van der Waals surface area contributed by atoms with Gasteiger partial charge < -0.3 is 14.7 Å². The number of aryl methyl sites for hydroxylation is 2. The van der Waals surface area contributed by atoms with Gasteiger partial charge in [0, 0.05) is 61.9 Å². The highest BCUT2D eigenvalue weighted by Crippen LogP contribution is 2.43. The van der Waals surface area contributed by atoms with Crippen LogP contribution in [0.4, 0.5) is 17.1 Å². The van der Waals surface area contributed by atoms with E-state index in [1.165, 1.54) is 50.4 Å². The normalized spacial score (nSPS) is 11.0. The molecule has 3 aromatic rings. The summed E-state index contributed by atoms with van der Waals surface area (Å²) in [6.07, 6.45) is 0. The monoisotopic (exact) mass is 471 g/mol. The van der Waals surface area contributed by atoms with Crippen LogP contribution in [-0.2, 0) is 0 Å². The quantitative estimate of drug-likeness (QED) is 0.279. The molecule has 0 aliphatic rings. The summed E-state index contributed by atoms with van der Waals surface area (Å²) in [6, 6.07) is 20.8. The SMILES string of the molecule is CCN(CC)c1ccc(-c2cccc(N(CC)CC)c2-c2ccc(N(CC)CC)cc2C)c(C)c1. The molecule has 0 heterocycles. The van der Waals surface area contributed by atoms with E-state index in [1.807, 2.05) is 0 Å². The number of anilines is 3. The minimum atomic E-state index is 0.989. The van der Waals surface area contributed by atoms with Gasteiger partial charge in [-0.15, -0.1) is 0 Å². The van der Waals surface area contributed by atoms with Crippen LogP contribution in [0.1, 0.15) is 52.7 Å². The van der Waals surface area contributed by atoms with E-state index in [4.69, 9.17) is 0 Å². The number of rotatable bonds is 11. The van der Waals surface area contributed by atoms with Gasteiger partial charge in [-0.2, -0.15) is 0 Å². The first-order valence-corrected chi connectivity index (χ1v) is 13.5. The summed E-state index contributed by atoms with van der Waals surface area (Å²) >= 11 is 0. The maximum atomic E-state index is 2.48. The molecule has 0 radical (unpaired) electrons. The summed E-state index contributed by atoms with van der Waals surface area (Å²) in [5.41, 5.74) is 11.9. The smallest absolute Gasteiger partial charge is 0.0452 e. The fourth-order valence-corrected chi connectivity index (χ4v) is 5.32. The van der Waals surface area contributed by atoms with Crippen LogP contribution < -0.4 is 14.7 Å². The van der Waals surface area contributed by atoms with E-state index < -0.39 is 0 Å². The van der Waals surface area contributed by atoms with Gasteiger partial charge in [0.2, 0.25) is 0 Å². The molecule has 3 heteroatoms. The summed E-state index contributed by atoms with van der Waals surface area (Å²) in [4.78, 5) is 7.32. The van der Waals surface area contributed by atoms with Crippen molar-refractivity contribution in [3.8, 4) is 22.3 Å². The lowest BCUT2D eigenvalue weighted by Crippen LogP contribution is -2.23. The molecule has 35 heavy (non-hydrogen) atoms. The van der Waals surface area contributed by atoms with Crippen molar-refractivity contribution in [1.29, 1.82) is 0 Å². The van der Waals surface area contributed by atoms with Crippen LogP contribution in [-0.4, -0.2) is 39.3 Å². The highest BCUT2D eigenvalue weighted by molar-refractivity contribution is 5.95. The molecule has 3 nitrogen and oxygen atoms in total. The first kappa shape index (κ1) is 26.7. The number of hydrogen-bond acceptors (Lipinski definition) is 3. The minimum absolute atomic E-state index is 0.989. The maximum Gasteiger partial charge on any atom is 0.0452 e. The van der Waals surface area contributed by atoms with Crippen molar-refractivity contribution in [1.82, 2.24) is 0 Å². The molecule has 188 valence electrons. The van der Waals surface area contributed by atoms with Crippen molar-refractivity contribution in [3.63, 3.8) is 0 Å². The van der Waals surface area contributed by atoms with Crippen molar-refractivity contribution in [2.75, 3.05) is 54.0 Å². The van der Waals surface area contributed by atoms with E-state index in [0.29, 0.717) is 0 Å². The largest absolute Gasteiger partial charge is 0.372 e. The molecule has 0 fully saturated rings. The zero-order chi connectivity index (χ0) is 25.5. The van der Waals surface area contributed by atoms with Crippen molar-refractivity contribution < 1.29 is 0 Å². The van der Waals surface area contributed by atoms with E-state index in [9.17, 15) is 0 Å². The maximum absolute atomic E-state index is 2.48. The molecule has 0 aliphatic heterocycles. The van der Waals surface area contributed by atoms with E-state index in [1.54, 1.807) is 0 Å². The van der Waals surface area contributed by atoms with Gasteiger partial charge in [-0.1, -0.05) is 24.3 Å². The minimum Gasteiger partial charge on any atom is -0.372 e. The van der Waals surface area contributed by atoms with Gasteiger partial charge in [0.25, 0.3) is 0 Å². The van der Waals surface area contributed by atoms with E-state index in [0.717, 1.165) is 39.3 Å². The van der Waals surface area contributed by atoms with Gasteiger partial charge in [-0.05, 0) is 114 Å². The standard InChI is InChI=1S/C32H45N3/c1-9-33(10-2)26-18-20-28(24(7)22-26)30-16-15-17-31(35(13-5)14-6)32(30)29-21-19-27(23-25(29)8)34(11-3)12-4/h15-23H,9-14H2,1-8H3. The Kier molecular flexibility index (Phi) is 9.26. The van der Waals surface area contributed by atoms with Gasteiger partial charge in [0.15, 0.2) is 0 Å². The highest BCUT2D eigenvalue weighted by Gasteiger charge is 2.19. The Balaban J connectivity index is 2.25. The summed E-state index contributed by atoms with van der Waals surface area (Å²) in [5, 5.41) is 0. The lowest BCUT2D eigenvalue weighted by molar-refractivity contribution is 0.864. The Hall–Kier alpha value is -2.94. The molecule has 0 aliphatic carbocycles. The first-order chi connectivity index (χ1) is 16.9. The van der Waals surface area contributed by atoms with E-state index in [2.05, 4.69) is 125 Å². The first-order valence-electron chi connectivity index (χ1n) is 13.5. The molecule has 0 N–H and O–H groups in total. The third-order valence-electron chi connectivity index (χ3n) is 7.38. The molecule has 0 amide bonds. The predicted octanol–water partition coefficient (Wildman–Crippen LogP) is 8.18. The molecule has 0 saturated heterocycles. The Morgan fingerprint density at radius 2 is 0.943 bits per heavy atom. The summed E-state index contributed by atoms with van der Waals surface area (Å²) < 4.78 is 0. The average Bonchev–Trinajstić information content (AvgIpc) is 2.87. The van der Waals surface area contributed by atoms with Crippen LogP contribution in [0.2, 0.25) is 0 Å². The lowest BCUT2D eigenvalue weighted by atomic mass is 9.88. The van der Waals surface area contributed by atoms with Crippen LogP contribution in [0.15, 0.2) is 54.6 Å². The number of benzene rings is 3. The van der Waals surface area contributed by atoms with E-state index in [-0.39, 0.29) is 0 Å². The van der Waals surface area contributed by atoms with Crippen molar-refractivity contribution in [2.24, 2.45) is 0 Å². The highest BCUT2D eigenvalue weighted by atomic mass is 15.1. The molecular formula is C32H45N3. The van der Waals surface area contributed by atoms with Crippen molar-refractivity contribution in [2.45, 2.75) is 55.4 Å². The topological polar surface area (TPSA) is 9.72 Å². The summed E-state index contributed by atoms with van der Waals surface area (Å²) in [5.74, 6) is 0. The predicted molar refractivity (Wildman–Crippen MR) is 157 cm³/mol. The molecule has 0 saturated carbocycles. The number of hydrogen-bond donors (Lipinski definition) is 0. The molecule has 0 atom stereocenters. The van der Waals surface area contributed by atoms with Gasteiger partial charge in [0.05, 0.1) is 0 Å². The van der Waals surface area contributed by atoms with Crippen LogP contribution in [0.5, 0.6) is 0 Å². The Morgan fingerprint density at radius 1 is 0.486 bits per heavy atom. The summed E-state index contributed by atoms with van der Waals surface area (Å²) in [7, 11) is 0. The Morgan fingerprint density at radius 3 is 1.37 bits per heavy atom. The Bertz CT molecular complexity index is 1110. The zero-order valence-corrected chi connectivity index (χ0v) is 23.3. The fourth-order valence-electron chi connectivity index (χ4n) is 5.32. The Labute approximate surface area is 214 Å².